The predicted octanol–water partition coefficient (Wildman–Crippen LogP) is 0.692. The number of nitrogens with two attached hydrogens (primary N) is 1. The fraction of sp³-hybridized carbons (Fsp3) is 0.308. The smallest absolute Gasteiger partial charge is 0.319 e. The van der Waals surface area contributed by atoms with Gasteiger partial charge in [-0.3, -0.25) is 14.3 Å². The highest BCUT2D eigenvalue weighted by Gasteiger charge is 2.41. The summed E-state index contributed by atoms with van der Waals surface area (Å²) in [4.78, 5) is 22.7. The van der Waals surface area contributed by atoms with Crippen LogP contribution in [0.25, 0.3) is 10.9 Å². The molecule has 0 aliphatic carbocycles. The molecule has 6 heteroatoms. The molecule has 6 nitrogen and oxygen atoms in total. The number of carboxylic acid groups (broad SMARTS) is 1. The number of aromatic nitrogens is 2. The van der Waals surface area contributed by atoms with Crippen molar-refractivity contribution in [3.05, 3.63) is 30.0 Å². The van der Waals surface area contributed by atoms with Crippen molar-refractivity contribution < 1.29 is 14.7 Å². The van der Waals surface area contributed by atoms with Crippen LogP contribution in [0, 0.1) is 5.41 Å². The van der Waals surface area contributed by atoms with E-state index < -0.39 is 17.3 Å². The van der Waals surface area contributed by atoms with Crippen LogP contribution in [0.2, 0.25) is 0 Å². The minimum absolute atomic E-state index is 0.0288. The average molecular weight is 261 g/mol. The number of amides is 1. The summed E-state index contributed by atoms with van der Waals surface area (Å²) in [6, 6.07) is 7.45. The molecule has 3 N–H and O–H groups in total. The number of aryl methyl sites for hydroxylation is 1. The Balaban J connectivity index is 2.52. The second-order valence-corrected chi connectivity index (χ2v) is 4.77. The van der Waals surface area contributed by atoms with Gasteiger partial charge in [0.15, 0.2) is 0 Å². The average Bonchev–Trinajstić information content (AvgIpc) is 2.66. The number of fused-ring (bicyclic) bond motifs is 1. The summed E-state index contributed by atoms with van der Waals surface area (Å²) < 4.78 is 1.66. The van der Waals surface area contributed by atoms with E-state index in [2.05, 4.69) is 5.10 Å². The molecule has 2 rings (SSSR count). The fourth-order valence-corrected chi connectivity index (χ4v) is 2.02. The number of benzene rings is 1. The van der Waals surface area contributed by atoms with Crippen LogP contribution in [0.3, 0.4) is 0 Å². The van der Waals surface area contributed by atoms with Crippen molar-refractivity contribution >= 4 is 22.8 Å². The quantitative estimate of drug-likeness (QED) is 0.791. The summed E-state index contributed by atoms with van der Waals surface area (Å²) in [5, 5.41) is 14.3. The first-order valence-corrected chi connectivity index (χ1v) is 5.80. The first-order valence-electron chi connectivity index (χ1n) is 5.80. The Labute approximate surface area is 109 Å². The number of hydrogen-bond donors (Lipinski definition) is 2. The van der Waals surface area contributed by atoms with Gasteiger partial charge in [0.25, 0.3) is 0 Å². The van der Waals surface area contributed by atoms with E-state index in [1.54, 1.807) is 11.7 Å². The van der Waals surface area contributed by atoms with Crippen LogP contribution in [0.5, 0.6) is 0 Å². The molecule has 1 aromatic heterocycles. The van der Waals surface area contributed by atoms with Crippen LogP contribution in [-0.2, 0) is 23.1 Å². The summed E-state index contributed by atoms with van der Waals surface area (Å²) in [5.41, 5.74) is 5.00. The summed E-state index contributed by atoms with van der Waals surface area (Å²) >= 11 is 0. The first kappa shape index (κ1) is 13.1. The van der Waals surface area contributed by atoms with Gasteiger partial charge in [-0.25, -0.2) is 0 Å². The van der Waals surface area contributed by atoms with Crippen molar-refractivity contribution in [1.82, 2.24) is 9.78 Å². The SMILES string of the molecule is Cn1nc(CC(C)(C(N)=O)C(=O)O)c2ccccc21. The maximum absolute atomic E-state index is 11.4. The number of hydrogen-bond acceptors (Lipinski definition) is 3. The van der Waals surface area contributed by atoms with Crippen molar-refractivity contribution in [3.8, 4) is 0 Å². The van der Waals surface area contributed by atoms with Gasteiger partial charge in [-0.05, 0) is 13.0 Å². The van der Waals surface area contributed by atoms with Crippen molar-refractivity contribution in [2.75, 3.05) is 0 Å². The van der Waals surface area contributed by atoms with E-state index in [4.69, 9.17) is 5.73 Å². The summed E-state index contributed by atoms with van der Waals surface area (Å²) in [7, 11) is 1.77. The van der Waals surface area contributed by atoms with Gasteiger partial charge < -0.3 is 10.8 Å². The number of primary amides is 1. The number of rotatable bonds is 4. The van der Waals surface area contributed by atoms with Gasteiger partial charge in [0.05, 0.1) is 11.2 Å². The van der Waals surface area contributed by atoms with Crippen LogP contribution < -0.4 is 5.73 Å². The van der Waals surface area contributed by atoms with E-state index in [1.807, 2.05) is 24.3 Å². The molecule has 0 aliphatic heterocycles. The fourth-order valence-electron chi connectivity index (χ4n) is 2.02. The van der Waals surface area contributed by atoms with Crippen LogP contribution in [0.1, 0.15) is 12.6 Å². The Morgan fingerprint density at radius 1 is 1.42 bits per heavy atom. The van der Waals surface area contributed by atoms with E-state index in [1.165, 1.54) is 6.92 Å². The number of carboxylic acids is 1. The summed E-state index contributed by atoms with van der Waals surface area (Å²) in [6.07, 6.45) is -0.0288. The number of carbonyl (C=O) groups excluding carboxylic acids is 1. The number of carbonyl (C=O) groups is 2. The standard InChI is InChI=1S/C13H15N3O3/c1-13(11(14)17,12(18)19)7-9-8-5-3-4-6-10(8)16(2)15-9/h3-6H,7H2,1-2H3,(H2,14,17)(H,18,19). The molecule has 1 atom stereocenters. The van der Waals surface area contributed by atoms with Gasteiger partial charge in [-0.1, -0.05) is 18.2 Å². The van der Waals surface area contributed by atoms with Crippen LogP contribution in [0.15, 0.2) is 24.3 Å². The van der Waals surface area contributed by atoms with E-state index in [0.717, 1.165) is 10.9 Å². The second kappa shape index (κ2) is 4.38. The largest absolute Gasteiger partial charge is 0.480 e. The zero-order valence-corrected chi connectivity index (χ0v) is 10.8. The van der Waals surface area contributed by atoms with Gasteiger partial charge in [0.2, 0.25) is 5.91 Å². The van der Waals surface area contributed by atoms with E-state index in [0.29, 0.717) is 5.69 Å². The molecule has 0 bridgehead atoms. The van der Waals surface area contributed by atoms with Crippen LogP contribution >= 0.6 is 0 Å². The molecule has 0 spiro atoms. The molecule has 19 heavy (non-hydrogen) atoms. The Kier molecular flexibility index (Phi) is 3.01. The van der Waals surface area contributed by atoms with E-state index >= 15 is 0 Å². The van der Waals surface area contributed by atoms with Crippen molar-refractivity contribution in [1.29, 1.82) is 0 Å². The molecule has 1 unspecified atom stereocenters. The number of nitrogens with zero attached hydrogens (tertiary/aromatic N) is 2. The summed E-state index contributed by atoms with van der Waals surface area (Å²) in [5.74, 6) is -2.11. The Hall–Kier alpha value is -2.37. The topological polar surface area (TPSA) is 98.2 Å². The van der Waals surface area contributed by atoms with Gasteiger partial charge in [0.1, 0.15) is 5.41 Å². The van der Waals surface area contributed by atoms with Crippen LogP contribution in [0.4, 0.5) is 0 Å². The number of aliphatic carboxylic acids is 1. The maximum Gasteiger partial charge on any atom is 0.319 e. The monoisotopic (exact) mass is 261 g/mol. The lowest BCUT2D eigenvalue weighted by Gasteiger charge is -2.19. The lowest BCUT2D eigenvalue weighted by molar-refractivity contribution is -0.153. The molecule has 1 heterocycles. The molecule has 1 aromatic carbocycles. The molecule has 100 valence electrons. The molecule has 0 fully saturated rings. The van der Waals surface area contributed by atoms with Crippen molar-refractivity contribution in [3.63, 3.8) is 0 Å². The third kappa shape index (κ3) is 2.05. The highest BCUT2D eigenvalue weighted by atomic mass is 16.4. The predicted molar refractivity (Wildman–Crippen MR) is 69.4 cm³/mol. The summed E-state index contributed by atoms with van der Waals surface area (Å²) in [6.45, 7) is 1.32. The maximum atomic E-state index is 11.4. The molecular formula is C13H15N3O3. The normalized spacial score (nSPS) is 14.2. The van der Waals surface area contributed by atoms with Gasteiger partial charge in [0, 0.05) is 18.9 Å². The molecule has 0 saturated carbocycles. The molecule has 0 saturated heterocycles. The van der Waals surface area contributed by atoms with E-state index in [9.17, 15) is 14.7 Å². The lowest BCUT2D eigenvalue weighted by Crippen LogP contribution is -2.43. The van der Waals surface area contributed by atoms with E-state index in [-0.39, 0.29) is 6.42 Å². The molecule has 0 radical (unpaired) electrons. The molecule has 2 aromatic rings. The lowest BCUT2D eigenvalue weighted by atomic mass is 9.84. The Morgan fingerprint density at radius 2 is 2.05 bits per heavy atom. The minimum atomic E-state index is -1.66. The third-order valence-electron chi connectivity index (χ3n) is 3.37. The Morgan fingerprint density at radius 3 is 2.63 bits per heavy atom. The highest BCUT2D eigenvalue weighted by Crippen LogP contribution is 2.27. The number of para-hydroxylation sites is 1. The van der Waals surface area contributed by atoms with Crippen LogP contribution in [-0.4, -0.2) is 26.8 Å². The highest BCUT2D eigenvalue weighted by molar-refractivity contribution is 6.01. The molecule has 1 amide bonds. The zero-order valence-electron chi connectivity index (χ0n) is 10.8. The molecular weight excluding hydrogens is 246 g/mol. The first-order chi connectivity index (χ1) is 8.86. The van der Waals surface area contributed by atoms with Gasteiger partial charge in [-0.15, -0.1) is 0 Å². The van der Waals surface area contributed by atoms with Gasteiger partial charge in [-0.2, -0.15) is 5.10 Å². The molecule has 0 aliphatic rings. The minimum Gasteiger partial charge on any atom is -0.480 e. The second-order valence-electron chi connectivity index (χ2n) is 4.77. The van der Waals surface area contributed by atoms with Crippen molar-refractivity contribution in [2.45, 2.75) is 13.3 Å². The Bertz CT molecular complexity index is 646. The van der Waals surface area contributed by atoms with Crippen molar-refractivity contribution in [2.24, 2.45) is 18.2 Å². The van der Waals surface area contributed by atoms with Gasteiger partial charge >= 0.3 is 5.97 Å². The third-order valence-corrected chi connectivity index (χ3v) is 3.37. The zero-order chi connectivity index (χ0) is 14.2.